The molecule has 1 saturated carbocycles. The lowest BCUT2D eigenvalue weighted by Crippen LogP contribution is -2.34. The average Bonchev–Trinajstić information content (AvgIpc) is 3.00. The number of hydrogen-bond donors (Lipinski definition) is 1. The fraction of sp³-hybridized carbons (Fsp3) is 0.526. The quantitative estimate of drug-likeness (QED) is 0.916. The van der Waals surface area contributed by atoms with E-state index in [0.29, 0.717) is 18.6 Å². The zero-order valence-electron chi connectivity index (χ0n) is 14.4. The maximum absolute atomic E-state index is 11.9. The number of anilines is 1. The molecule has 2 heterocycles. The number of benzene rings is 1. The highest BCUT2D eigenvalue weighted by molar-refractivity contribution is 7.09. The number of Topliss-reactive ketones (excluding diaryl/α,β-unsaturated/α-hetero) is 1. The largest absolute Gasteiger partial charge is 0.346 e. The topological polar surface area (TPSA) is 58.1 Å². The molecule has 2 aromatic rings. The zero-order chi connectivity index (χ0) is 17.1. The molecule has 0 atom stereocenters. The predicted molar refractivity (Wildman–Crippen MR) is 100 cm³/mol. The number of rotatable bonds is 3. The number of carbonyl (C=O) groups is 1. The number of aromatic nitrogens is 2. The van der Waals surface area contributed by atoms with Crippen molar-refractivity contribution in [1.82, 2.24) is 14.7 Å². The average molecular weight is 356 g/mol. The van der Waals surface area contributed by atoms with Crippen LogP contribution in [0.3, 0.4) is 0 Å². The van der Waals surface area contributed by atoms with E-state index < -0.39 is 0 Å². The van der Waals surface area contributed by atoms with E-state index in [2.05, 4.69) is 34.5 Å². The molecule has 0 spiro atoms. The molecule has 0 unspecified atom stereocenters. The summed E-state index contributed by atoms with van der Waals surface area (Å²) in [6.45, 7) is 4.06. The molecule has 0 radical (unpaired) electrons. The number of nitrogens with zero attached hydrogens (tertiary/aromatic N) is 3. The zero-order valence-corrected chi connectivity index (χ0v) is 15.2. The number of nitrogens with one attached hydrogen (secondary N) is 1. The van der Waals surface area contributed by atoms with Gasteiger partial charge in [-0.1, -0.05) is 30.3 Å². The van der Waals surface area contributed by atoms with Crippen LogP contribution in [0.4, 0.5) is 5.13 Å². The summed E-state index contributed by atoms with van der Waals surface area (Å²) in [5, 5.41) is 4.45. The first-order chi connectivity index (χ1) is 12.3. The van der Waals surface area contributed by atoms with Gasteiger partial charge in [-0.15, -0.1) is 0 Å². The van der Waals surface area contributed by atoms with Crippen molar-refractivity contribution in [2.75, 3.05) is 31.1 Å². The predicted octanol–water partition coefficient (Wildman–Crippen LogP) is 2.77. The molecule has 1 aliphatic carbocycles. The Kier molecular flexibility index (Phi) is 4.81. The van der Waals surface area contributed by atoms with Gasteiger partial charge in [0.05, 0.1) is 5.41 Å². The van der Waals surface area contributed by atoms with E-state index in [-0.39, 0.29) is 5.41 Å². The lowest BCUT2D eigenvalue weighted by atomic mass is 9.68. The Morgan fingerprint density at radius 1 is 1.08 bits per heavy atom. The second kappa shape index (κ2) is 7.22. The molecule has 2 aliphatic rings. The van der Waals surface area contributed by atoms with Gasteiger partial charge in [0.15, 0.2) is 5.82 Å². The molecular formula is C19H24N4OS. The van der Waals surface area contributed by atoms with Gasteiger partial charge in [-0.25, -0.2) is 4.98 Å². The van der Waals surface area contributed by atoms with Gasteiger partial charge in [0.25, 0.3) is 0 Å². The third kappa shape index (κ3) is 3.33. The van der Waals surface area contributed by atoms with E-state index in [0.717, 1.165) is 56.4 Å². The van der Waals surface area contributed by atoms with Crippen molar-refractivity contribution in [3.8, 4) is 0 Å². The molecular weight excluding hydrogens is 332 g/mol. The molecule has 1 aromatic carbocycles. The first-order valence-corrected chi connectivity index (χ1v) is 9.92. The van der Waals surface area contributed by atoms with Gasteiger partial charge in [0.1, 0.15) is 5.78 Å². The van der Waals surface area contributed by atoms with Gasteiger partial charge in [0, 0.05) is 44.0 Å². The van der Waals surface area contributed by atoms with Crippen molar-refractivity contribution in [2.24, 2.45) is 0 Å². The van der Waals surface area contributed by atoms with Crippen LogP contribution in [0.25, 0.3) is 0 Å². The third-order valence-corrected chi connectivity index (χ3v) is 6.22. The summed E-state index contributed by atoms with van der Waals surface area (Å²) in [5.41, 5.74) is 1.03. The molecule has 2 fully saturated rings. The Morgan fingerprint density at radius 3 is 2.68 bits per heavy atom. The molecule has 4 rings (SSSR count). The fourth-order valence-corrected chi connectivity index (χ4v) is 4.74. The van der Waals surface area contributed by atoms with Crippen LogP contribution in [0, 0.1) is 0 Å². The SMILES string of the molecule is O=C1CCC(c2ccccc2)(c2nsc(N3CCCNCC3)n2)CC1. The summed E-state index contributed by atoms with van der Waals surface area (Å²) in [5.74, 6) is 1.27. The van der Waals surface area contributed by atoms with E-state index in [4.69, 9.17) is 9.36 Å². The highest BCUT2D eigenvalue weighted by Gasteiger charge is 2.41. The molecule has 1 saturated heterocycles. The van der Waals surface area contributed by atoms with Gasteiger partial charge in [-0.2, -0.15) is 4.37 Å². The Morgan fingerprint density at radius 2 is 1.88 bits per heavy atom. The van der Waals surface area contributed by atoms with Crippen LogP contribution in [0.15, 0.2) is 30.3 Å². The molecule has 25 heavy (non-hydrogen) atoms. The summed E-state index contributed by atoms with van der Waals surface area (Å²) in [7, 11) is 0. The molecule has 1 aromatic heterocycles. The summed E-state index contributed by atoms with van der Waals surface area (Å²) < 4.78 is 4.78. The van der Waals surface area contributed by atoms with Crippen LogP contribution in [-0.2, 0) is 10.2 Å². The Hall–Kier alpha value is -1.79. The summed E-state index contributed by atoms with van der Waals surface area (Å²) in [4.78, 5) is 19.2. The lowest BCUT2D eigenvalue weighted by Gasteiger charge is -2.35. The Bertz CT molecular complexity index is 712. The van der Waals surface area contributed by atoms with E-state index in [1.807, 2.05) is 6.07 Å². The van der Waals surface area contributed by atoms with Crippen molar-refractivity contribution >= 4 is 22.4 Å². The minimum Gasteiger partial charge on any atom is -0.346 e. The standard InChI is InChI=1S/C19H24N4OS/c24-16-7-9-19(10-8-16,15-5-2-1-3-6-15)17-21-18(25-22-17)23-13-4-11-20-12-14-23/h1-3,5-6,20H,4,7-14H2. The number of ketones is 1. The Balaban J connectivity index is 1.67. The van der Waals surface area contributed by atoms with Gasteiger partial charge in [-0.05, 0) is 31.4 Å². The van der Waals surface area contributed by atoms with E-state index in [9.17, 15) is 4.79 Å². The molecule has 1 N–H and O–H groups in total. The second-order valence-corrected chi connectivity index (χ2v) is 7.71. The summed E-state index contributed by atoms with van der Waals surface area (Å²) in [6.07, 6.45) is 4.00. The van der Waals surface area contributed by atoms with Crippen LogP contribution in [-0.4, -0.2) is 41.3 Å². The van der Waals surface area contributed by atoms with Crippen molar-refractivity contribution in [3.05, 3.63) is 41.7 Å². The summed E-state index contributed by atoms with van der Waals surface area (Å²) in [6, 6.07) is 10.5. The first kappa shape index (κ1) is 16.7. The minimum absolute atomic E-state index is 0.214. The highest BCUT2D eigenvalue weighted by atomic mass is 32.1. The monoisotopic (exact) mass is 356 g/mol. The van der Waals surface area contributed by atoms with Crippen molar-refractivity contribution < 1.29 is 4.79 Å². The second-order valence-electron chi connectivity index (χ2n) is 6.98. The van der Waals surface area contributed by atoms with Gasteiger partial charge in [0.2, 0.25) is 5.13 Å². The van der Waals surface area contributed by atoms with Crippen LogP contribution < -0.4 is 10.2 Å². The molecule has 0 amide bonds. The van der Waals surface area contributed by atoms with Gasteiger partial charge >= 0.3 is 0 Å². The van der Waals surface area contributed by atoms with E-state index in [1.165, 1.54) is 17.1 Å². The molecule has 0 bridgehead atoms. The smallest absolute Gasteiger partial charge is 0.205 e. The maximum Gasteiger partial charge on any atom is 0.205 e. The molecule has 1 aliphatic heterocycles. The van der Waals surface area contributed by atoms with E-state index >= 15 is 0 Å². The van der Waals surface area contributed by atoms with Crippen LogP contribution in [0.2, 0.25) is 0 Å². The first-order valence-electron chi connectivity index (χ1n) is 9.15. The van der Waals surface area contributed by atoms with Crippen molar-refractivity contribution in [2.45, 2.75) is 37.5 Å². The van der Waals surface area contributed by atoms with Gasteiger partial charge in [-0.3, -0.25) is 4.79 Å². The van der Waals surface area contributed by atoms with Crippen LogP contribution in [0.1, 0.15) is 43.5 Å². The highest BCUT2D eigenvalue weighted by Crippen LogP contribution is 2.43. The maximum atomic E-state index is 11.9. The lowest BCUT2D eigenvalue weighted by molar-refractivity contribution is -0.121. The third-order valence-electron chi connectivity index (χ3n) is 5.44. The number of carbonyl (C=O) groups excluding carboxylic acids is 1. The fourth-order valence-electron chi connectivity index (χ4n) is 3.93. The Labute approximate surface area is 152 Å². The summed E-state index contributed by atoms with van der Waals surface area (Å²) >= 11 is 1.51. The molecule has 6 heteroatoms. The molecule has 5 nitrogen and oxygen atoms in total. The normalized spacial score (nSPS) is 21.1. The van der Waals surface area contributed by atoms with Gasteiger partial charge < -0.3 is 10.2 Å². The van der Waals surface area contributed by atoms with Crippen molar-refractivity contribution in [3.63, 3.8) is 0 Å². The minimum atomic E-state index is -0.214. The van der Waals surface area contributed by atoms with E-state index in [1.54, 1.807) is 0 Å². The van der Waals surface area contributed by atoms with Crippen molar-refractivity contribution in [1.29, 1.82) is 0 Å². The number of hydrogen-bond acceptors (Lipinski definition) is 6. The van der Waals surface area contributed by atoms with Crippen LogP contribution in [0.5, 0.6) is 0 Å². The van der Waals surface area contributed by atoms with Crippen LogP contribution >= 0.6 is 11.5 Å². The molecule has 132 valence electrons.